The summed E-state index contributed by atoms with van der Waals surface area (Å²) in [5.74, 6) is -0.426. The standard InChI is InChI=1S/C49H88O5/c1-4-7-10-13-16-18-20-22-24-25-26-27-29-31-34-36-39-42-48(50)53-46-47(54-49(51)43-40-37-33-15-12-9-6-3)45-52-44-41-38-35-32-30-28-23-21-19-17-14-11-8-5-2/h8,11,17,19,23,28,32,35,47H,4-7,9-10,12-16,18,20-22,24-27,29-31,33-34,36-46H2,1-3H3/b11-8-,19-17-,28-23-,35-32-. The number of carbonyl (C=O) groups is 2. The smallest absolute Gasteiger partial charge is 0.306 e. The Morgan fingerprint density at radius 2 is 0.815 bits per heavy atom. The summed E-state index contributed by atoms with van der Waals surface area (Å²) >= 11 is 0. The highest BCUT2D eigenvalue weighted by molar-refractivity contribution is 5.70. The molecule has 0 saturated heterocycles. The van der Waals surface area contributed by atoms with E-state index < -0.39 is 6.10 Å². The summed E-state index contributed by atoms with van der Waals surface area (Å²) in [6, 6.07) is 0. The number of carbonyl (C=O) groups excluding carboxylic acids is 2. The summed E-state index contributed by atoms with van der Waals surface area (Å²) in [6.45, 7) is 7.56. The van der Waals surface area contributed by atoms with Crippen LogP contribution in [0, 0.1) is 0 Å². The van der Waals surface area contributed by atoms with Crippen LogP contribution in [0.25, 0.3) is 0 Å². The van der Waals surface area contributed by atoms with Crippen molar-refractivity contribution in [3.05, 3.63) is 48.6 Å². The van der Waals surface area contributed by atoms with Gasteiger partial charge < -0.3 is 14.2 Å². The van der Waals surface area contributed by atoms with Gasteiger partial charge in [-0.05, 0) is 51.4 Å². The van der Waals surface area contributed by atoms with Crippen molar-refractivity contribution in [1.82, 2.24) is 0 Å². The summed E-state index contributed by atoms with van der Waals surface area (Å²) in [5, 5.41) is 0. The molecule has 0 aliphatic rings. The van der Waals surface area contributed by atoms with Gasteiger partial charge in [-0.15, -0.1) is 0 Å². The van der Waals surface area contributed by atoms with Gasteiger partial charge in [0, 0.05) is 19.4 Å². The molecule has 314 valence electrons. The molecular weight excluding hydrogens is 669 g/mol. The summed E-state index contributed by atoms with van der Waals surface area (Å²) in [6.07, 6.45) is 54.2. The van der Waals surface area contributed by atoms with Crippen molar-refractivity contribution in [2.75, 3.05) is 19.8 Å². The van der Waals surface area contributed by atoms with Crippen LogP contribution in [-0.2, 0) is 23.8 Å². The lowest BCUT2D eigenvalue weighted by atomic mass is 10.0. The molecular formula is C49H88O5. The van der Waals surface area contributed by atoms with Gasteiger partial charge in [0.1, 0.15) is 6.61 Å². The Morgan fingerprint density at radius 1 is 0.426 bits per heavy atom. The van der Waals surface area contributed by atoms with Crippen LogP contribution in [0.3, 0.4) is 0 Å². The van der Waals surface area contributed by atoms with Crippen LogP contribution in [0.4, 0.5) is 0 Å². The van der Waals surface area contributed by atoms with Crippen LogP contribution in [0.2, 0.25) is 0 Å². The first-order valence-electron chi connectivity index (χ1n) is 23.2. The molecule has 0 fully saturated rings. The second kappa shape index (κ2) is 45.3. The quantitative estimate of drug-likeness (QED) is 0.0353. The first-order valence-corrected chi connectivity index (χ1v) is 23.2. The molecule has 0 aromatic heterocycles. The normalized spacial score (nSPS) is 12.6. The van der Waals surface area contributed by atoms with Gasteiger partial charge in [0.05, 0.1) is 6.61 Å². The molecule has 1 atom stereocenters. The highest BCUT2D eigenvalue weighted by Gasteiger charge is 2.17. The molecule has 0 spiro atoms. The lowest BCUT2D eigenvalue weighted by Gasteiger charge is -2.18. The number of ether oxygens (including phenoxy) is 3. The number of hydrogen-bond acceptors (Lipinski definition) is 5. The third kappa shape index (κ3) is 42.6. The number of allylic oxidation sites excluding steroid dienone is 8. The van der Waals surface area contributed by atoms with E-state index >= 15 is 0 Å². The molecule has 0 N–H and O–H groups in total. The molecule has 0 heterocycles. The summed E-state index contributed by atoms with van der Waals surface area (Å²) in [4.78, 5) is 25.1. The zero-order chi connectivity index (χ0) is 39.3. The number of hydrogen-bond donors (Lipinski definition) is 0. The third-order valence-corrected chi connectivity index (χ3v) is 9.88. The van der Waals surface area contributed by atoms with Crippen molar-refractivity contribution < 1.29 is 23.8 Å². The van der Waals surface area contributed by atoms with Crippen LogP contribution in [-0.4, -0.2) is 37.9 Å². The van der Waals surface area contributed by atoms with Crippen molar-refractivity contribution >= 4 is 11.9 Å². The van der Waals surface area contributed by atoms with E-state index in [0.29, 0.717) is 19.4 Å². The molecule has 1 unspecified atom stereocenters. The van der Waals surface area contributed by atoms with Gasteiger partial charge in [0.15, 0.2) is 6.10 Å². The molecule has 0 saturated carbocycles. The highest BCUT2D eigenvalue weighted by Crippen LogP contribution is 2.15. The number of esters is 2. The van der Waals surface area contributed by atoms with E-state index in [1.165, 1.54) is 122 Å². The van der Waals surface area contributed by atoms with E-state index in [-0.39, 0.29) is 25.2 Å². The van der Waals surface area contributed by atoms with Crippen molar-refractivity contribution in [3.8, 4) is 0 Å². The van der Waals surface area contributed by atoms with Gasteiger partial charge in [0.2, 0.25) is 0 Å². The SMILES string of the molecule is CC/C=C\C/C=C\C/C=C\C/C=C\CCCOCC(COC(=O)CCCCCCCCCCCCCCCCCCC)OC(=O)CCCCCCCCC. The molecule has 0 rings (SSSR count). The fraction of sp³-hybridized carbons (Fsp3) is 0.796. The van der Waals surface area contributed by atoms with Crippen molar-refractivity contribution in [3.63, 3.8) is 0 Å². The van der Waals surface area contributed by atoms with Gasteiger partial charge in [-0.25, -0.2) is 0 Å². The van der Waals surface area contributed by atoms with Crippen LogP contribution in [0.15, 0.2) is 48.6 Å². The van der Waals surface area contributed by atoms with Gasteiger partial charge in [-0.3, -0.25) is 9.59 Å². The molecule has 5 nitrogen and oxygen atoms in total. The minimum absolute atomic E-state index is 0.0669. The van der Waals surface area contributed by atoms with Crippen molar-refractivity contribution in [1.29, 1.82) is 0 Å². The molecule has 0 aromatic carbocycles. The van der Waals surface area contributed by atoms with E-state index in [0.717, 1.165) is 70.6 Å². The number of rotatable bonds is 42. The monoisotopic (exact) mass is 757 g/mol. The predicted molar refractivity (Wildman–Crippen MR) is 233 cm³/mol. The highest BCUT2D eigenvalue weighted by atomic mass is 16.6. The molecule has 0 radical (unpaired) electrons. The molecule has 54 heavy (non-hydrogen) atoms. The minimum Gasteiger partial charge on any atom is -0.462 e. The summed E-state index contributed by atoms with van der Waals surface area (Å²) < 4.78 is 17.2. The van der Waals surface area contributed by atoms with E-state index in [2.05, 4.69) is 69.4 Å². The lowest BCUT2D eigenvalue weighted by molar-refractivity contribution is -0.163. The minimum atomic E-state index is -0.557. The fourth-order valence-electron chi connectivity index (χ4n) is 6.46. The second-order valence-corrected chi connectivity index (χ2v) is 15.3. The first-order chi connectivity index (χ1) is 26.6. The Balaban J connectivity index is 4.18. The summed E-state index contributed by atoms with van der Waals surface area (Å²) in [5.41, 5.74) is 0. The Labute approximate surface area is 335 Å². The van der Waals surface area contributed by atoms with E-state index in [1.54, 1.807) is 0 Å². The predicted octanol–water partition coefficient (Wildman–Crippen LogP) is 15.2. The Bertz CT molecular complexity index is 904. The first kappa shape index (κ1) is 51.9. The van der Waals surface area contributed by atoms with Gasteiger partial charge in [-0.1, -0.05) is 211 Å². The van der Waals surface area contributed by atoms with Crippen LogP contribution in [0.5, 0.6) is 0 Å². The van der Waals surface area contributed by atoms with Gasteiger partial charge >= 0.3 is 11.9 Å². The summed E-state index contributed by atoms with van der Waals surface area (Å²) in [7, 11) is 0. The number of unbranched alkanes of at least 4 members (excludes halogenated alkanes) is 23. The Kier molecular flexibility index (Phi) is 43.5. The Morgan fingerprint density at radius 3 is 1.26 bits per heavy atom. The Hall–Kier alpha value is -2.14. The lowest BCUT2D eigenvalue weighted by Crippen LogP contribution is -2.30. The maximum atomic E-state index is 12.6. The molecule has 5 heteroatoms. The zero-order valence-corrected chi connectivity index (χ0v) is 36.0. The van der Waals surface area contributed by atoms with E-state index in [1.807, 2.05) is 0 Å². The van der Waals surface area contributed by atoms with Gasteiger partial charge in [-0.2, -0.15) is 0 Å². The van der Waals surface area contributed by atoms with E-state index in [9.17, 15) is 9.59 Å². The maximum Gasteiger partial charge on any atom is 0.306 e. The maximum absolute atomic E-state index is 12.6. The molecule has 0 amide bonds. The van der Waals surface area contributed by atoms with Crippen molar-refractivity contribution in [2.45, 2.75) is 232 Å². The third-order valence-electron chi connectivity index (χ3n) is 9.88. The molecule has 0 aromatic rings. The van der Waals surface area contributed by atoms with E-state index in [4.69, 9.17) is 14.2 Å². The average molecular weight is 757 g/mol. The fourth-order valence-corrected chi connectivity index (χ4v) is 6.46. The van der Waals surface area contributed by atoms with Gasteiger partial charge in [0.25, 0.3) is 0 Å². The van der Waals surface area contributed by atoms with Crippen LogP contribution in [0.1, 0.15) is 226 Å². The average Bonchev–Trinajstić information content (AvgIpc) is 3.17. The largest absolute Gasteiger partial charge is 0.462 e. The topological polar surface area (TPSA) is 61.8 Å². The zero-order valence-electron chi connectivity index (χ0n) is 36.0. The molecule has 0 aliphatic heterocycles. The van der Waals surface area contributed by atoms with Crippen molar-refractivity contribution in [2.24, 2.45) is 0 Å². The van der Waals surface area contributed by atoms with Crippen LogP contribution >= 0.6 is 0 Å². The second-order valence-electron chi connectivity index (χ2n) is 15.3. The molecule has 0 bridgehead atoms. The molecule has 0 aliphatic carbocycles. The van der Waals surface area contributed by atoms with Crippen LogP contribution < -0.4 is 0 Å².